The molecule has 0 radical (unpaired) electrons. The number of halogens is 3. The van der Waals surface area contributed by atoms with E-state index in [-0.39, 0.29) is 30.0 Å². The van der Waals surface area contributed by atoms with Crippen LogP contribution in [0.1, 0.15) is 12.0 Å². The zero-order valence-corrected chi connectivity index (χ0v) is 19.5. The summed E-state index contributed by atoms with van der Waals surface area (Å²) < 4.78 is 0. The molecule has 8 heteroatoms. The average molecular weight is 478 g/mol. The number of nitrogens with zero attached hydrogens (tertiary/aromatic N) is 2. The number of piperazine rings is 1. The fraction of sp³-hybridized carbons (Fsp3) is 0.381. The molecule has 0 saturated carbocycles. The maximum atomic E-state index is 9.97. The largest absolute Gasteiger partial charge is 0.455 e. The Morgan fingerprint density at radius 2 is 1.55 bits per heavy atom. The van der Waals surface area contributed by atoms with Crippen molar-refractivity contribution in [1.29, 1.82) is 0 Å². The summed E-state index contributed by atoms with van der Waals surface area (Å²) >= 11 is 7.43. The van der Waals surface area contributed by atoms with Gasteiger partial charge in [-0.1, -0.05) is 41.9 Å². The molecule has 1 saturated heterocycles. The molecule has 4 nitrogen and oxygen atoms in total. The quantitative estimate of drug-likeness (QED) is 0.362. The number of benzene rings is 2. The predicted octanol–water partition coefficient (Wildman–Crippen LogP) is 3.75. The third-order valence-corrected chi connectivity index (χ3v) is 5.79. The summed E-state index contributed by atoms with van der Waals surface area (Å²) in [6.07, 6.45) is 1.07. The number of hydrogen-bond donors (Lipinski definition) is 2. The first-order chi connectivity index (χ1) is 13.2. The molecule has 3 rings (SSSR count). The Bertz CT molecular complexity index is 724. The molecule has 0 atom stereocenters. The molecule has 2 aromatic carbocycles. The molecule has 160 valence electrons. The van der Waals surface area contributed by atoms with E-state index in [0.717, 1.165) is 62.2 Å². The lowest BCUT2D eigenvalue weighted by Crippen LogP contribution is -2.65. The monoisotopic (exact) mass is 476 g/mol. The highest BCUT2D eigenvalue weighted by Gasteiger charge is 2.16. The minimum absolute atomic E-state index is 0. The molecular formula is C21H29Cl3N3OS+. The van der Waals surface area contributed by atoms with E-state index in [4.69, 9.17) is 11.6 Å². The van der Waals surface area contributed by atoms with Crippen LogP contribution in [-0.4, -0.2) is 58.6 Å². The van der Waals surface area contributed by atoms with Gasteiger partial charge in [0.1, 0.15) is 0 Å². The van der Waals surface area contributed by atoms with E-state index >= 15 is 0 Å². The van der Waals surface area contributed by atoms with Crippen molar-refractivity contribution in [2.75, 3.05) is 38.5 Å². The van der Waals surface area contributed by atoms with E-state index in [1.165, 1.54) is 17.3 Å². The van der Waals surface area contributed by atoms with Crippen LogP contribution in [0.5, 0.6) is 0 Å². The Balaban J connectivity index is 0.00000210. The second-order valence-corrected chi connectivity index (χ2v) is 8.26. The van der Waals surface area contributed by atoms with E-state index in [0.29, 0.717) is 0 Å². The molecule has 0 bridgehead atoms. The summed E-state index contributed by atoms with van der Waals surface area (Å²) in [6, 6.07) is 17.9. The Kier molecular flexibility index (Phi) is 12.7. The lowest BCUT2D eigenvalue weighted by Gasteiger charge is -2.34. The van der Waals surface area contributed by atoms with Crippen molar-refractivity contribution in [1.82, 2.24) is 9.80 Å². The topological polar surface area (TPSA) is 40.7 Å². The maximum absolute atomic E-state index is 9.97. The van der Waals surface area contributed by atoms with Crippen LogP contribution in [0, 0.1) is 0 Å². The van der Waals surface area contributed by atoms with Crippen LogP contribution in [0.25, 0.3) is 0 Å². The SMILES string of the molecule is Cl.Cl.OC(=[NH+]c1ccccc1)SCCCN1CCN(Cc2ccc(Cl)cc2)CC1. The van der Waals surface area contributed by atoms with Gasteiger partial charge in [0.15, 0.2) is 0 Å². The Morgan fingerprint density at radius 3 is 2.21 bits per heavy atom. The van der Waals surface area contributed by atoms with Crippen molar-refractivity contribution in [2.24, 2.45) is 0 Å². The first-order valence-corrected chi connectivity index (χ1v) is 10.8. The van der Waals surface area contributed by atoms with Crippen LogP contribution in [0.4, 0.5) is 5.69 Å². The molecule has 29 heavy (non-hydrogen) atoms. The zero-order valence-electron chi connectivity index (χ0n) is 16.3. The van der Waals surface area contributed by atoms with Crippen LogP contribution < -0.4 is 4.99 Å². The predicted molar refractivity (Wildman–Crippen MR) is 129 cm³/mol. The fourth-order valence-corrected chi connectivity index (χ4v) is 3.94. The van der Waals surface area contributed by atoms with E-state index in [1.54, 1.807) is 0 Å². The van der Waals surface area contributed by atoms with Crippen LogP contribution in [0.15, 0.2) is 54.6 Å². The normalized spacial score (nSPS) is 15.4. The third-order valence-electron chi connectivity index (χ3n) is 4.67. The van der Waals surface area contributed by atoms with Crippen molar-refractivity contribution in [3.8, 4) is 0 Å². The number of thioether (sulfide) groups is 1. The summed E-state index contributed by atoms with van der Waals surface area (Å²) in [4.78, 5) is 8.03. The molecule has 0 aromatic heterocycles. The zero-order chi connectivity index (χ0) is 18.9. The third kappa shape index (κ3) is 9.60. The number of hydrogen-bond acceptors (Lipinski definition) is 3. The van der Waals surface area contributed by atoms with Gasteiger partial charge in [0.05, 0.1) is 0 Å². The fourth-order valence-electron chi connectivity index (χ4n) is 3.16. The highest BCUT2D eigenvalue weighted by molar-refractivity contribution is 8.13. The van der Waals surface area contributed by atoms with Gasteiger partial charge in [-0.15, -0.1) is 24.8 Å². The van der Waals surface area contributed by atoms with Crippen molar-refractivity contribution in [3.63, 3.8) is 0 Å². The van der Waals surface area contributed by atoms with Gasteiger partial charge in [-0.3, -0.25) is 4.90 Å². The van der Waals surface area contributed by atoms with Crippen LogP contribution in [0.3, 0.4) is 0 Å². The summed E-state index contributed by atoms with van der Waals surface area (Å²) in [5.41, 5.74) is 2.24. The molecule has 1 fully saturated rings. The molecule has 1 heterocycles. The molecule has 0 amide bonds. The average Bonchev–Trinajstić information content (AvgIpc) is 2.69. The molecule has 0 spiro atoms. The first kappa shape index (κ1) is 26.1. The number of aliphatic hydroxyl groups excluding tert-OH is 1. The van der Waals surface area contributed by atoms with Gasteiger partial charge in [-0.25, -0.2) is 0 Å². The highest BCUT2D eigenvalue weighted by atomic mass is 35.5. The van der Waals surface area contributed by atoms with Gasteiger partial charge in [0.2, 0.25) is 5.69 Å². The summed E-state index contributed by atoms with van der Waals surface area (Å²) in [5.74, 6) is 0.913. The van der Waals surface area contributed by atoms with Gasteiger partial charge < -0.3 is 10.0 Å². The van der Waals surface area contributed by atoms with Crippen LogP contribution in [-0.2, 0) is 6.54 Å². The van der Waals surface area contributed by atoms with Crippen LogP contribution >= 0.6 is 48.2 Å². The Hall–Kier alpha value is -0.950. The van der Waals surface area contributed by atoms with E-state index in [9.17, 15) is 5.11 Å². The second-order valence-electron chi connectivity index (χ2n) is 6.74. The van der Waals surface area contributed by atoms with Crippen molar-refractivity contribution < 1.29 is 10.1 Å². The lowest BCUT2D eigenvalue weighted by molar-refractivity contribution is -0.360. The number of aliphatic hydroxyl groups is 1. The van der Waals surface area contributed by atoms with Gasteiger partial charge in [0, 0.05) is 55.6 Å². The number of rotatable bonds is 7. The minimum atomic E-state index is 0. The van der Waals surface area contributed by atoms with Crippen molar-refractivity contribution in [2.45, 2.75) is 13.0 Å². The molecular weight excluding hydrogens is 449 g/mol. The minimum Gasteiger partial charge on any atom is -0.455 e. The van der Waals surface area contributed by atoms with Crippen LogP contribution in [0.2, 0.25) is 5.02 Å². The van der Waals surface area contributed by atoms with Crippen molar-refractivity contribution in [3.05, 3.63) is 65.2 Å². The number of nitrogens with one attached hydrogen (secondary N) is 1. The maximum Gasteiger partial charge on any atom is 0.402 e. The Labute approximate surface area is 195 Å². The van der Waals surface area contributed by atoms with Gasteiger partial charge in [-0.05, 0) is 42.4 Å². The summed E-state index contributed by atoms with van der Waals surface area (Å²) in [5, 5.41) is 11.0. The van der Waals surface area contributed by atoms with Gasteiger partial charge >= 0.3 is 5.23 Å². The first-order valence-electron chi connectivity index (χ1n) is 9.39. The van der Waals surface area contributed by atoms with E-state index in [1.807, 2.05) is 42.5 Å². The Morgan fingerprint density at radius 1 is 0.931 bits per heavy atom. The second kappa shape index (κ2) is 14.1. The summed E-state index contributed by atoms with van der Waals surface area (Å²) in [7, 11) is 0. The molecule has 1 aliphatic rings. The molecule has 1 aliphatic heterocycles. The molecule has 0 aliphatic carbocycles. The van der Waals surface area contributed by atoms with Gasteiger partial charge in [0.25, 0.3) is 0 Å². The van der Waals surface area contributed by atoms with E-state index in [2.05, 4.69) is 26.9 Å². The molecule has 2 aromatic rings. The molecule has 0 unspecified atom stereocenters. The summed E-state index contributed by atoms with van der Waals surface area (Å²) in [6.45, 7) is 6.49. The smallest absolute Gasteiger partial charge is 0.402 e. The number of para-hydroxylation sites is 1. The highest BCUT2D eigenvalue weighted by Crippen LogP contribution is 2.13. The van der Waals surface area contributed by atoms with Crippen molar-refractivity contribution >= 4 is 59.1 Å². The lowest BCUT2D eigenvalue weighted by atomic mass is 10.2. The van der Waals surface area contributed by atoms with Gasteiger partial charge in [-0.2, -0.15) is 4.99 Å². The van der Waals surface area contributed by atoms with E-state index < -0.39 is 0 Å². The standard InChI is InChI=1S/C21H26ClN3OS.2ClH/c22-19-9-7-18(8-10-19)17-25-14-12-24(13-15-25)11-4-16-27-21(26)23-20-5-2-1-3-6-20;;/h1-3,5-10H,4,11-17H2,(H,23,26);2*1H/p+1. The molecule has 2 N–H and O–H groups in total.